The highest BCUT2D eigenvalue weighted by molar-refractivity contribution is 6.10. The van der Waals surface area contributed by atoms with E-state index >= 15 is 0 Å². The first-order chi connectivity index (χ1) is 13.7. The van der Waals surface area contributed by atoms with Crippen LogP contribution in [0.5, 0.6) is 5.75 Å². The van der Waals surface area contributed by atoms with Crippen molar-refractivity contribution in [2.45, 2.75) is 5.66 Å². The van der Waals surface area contributed by atoms with Gasteiger partial charge >= 0.3 is 0 Å². The molecule has 28 heavy (non-hydrogen) atoms. The van der Waals surface area contributed by atoms with Gasteiger partial charge in [0.05, 0.1) is 18.1 Å². The summed E-state index contributed by atoms with van der Waals surface area (Å²) in [5, 5.41) is 6.55. The van der Waals surface area contributed by atoms with Gasteiger partial charge in [0.1, 0.15) is 11.6 Å². The molecule has 2 aliphatic rings. The zero-order valence-electron chi connectivity index (χ0n) is 15.1. The Hall–Kier alpha value is -3.80. The monoisotopic (exact) mass is 368 g/mol. The second-order valence-corrected chi connectivity index (χ2v) is 7.01. The predicted molar refractivity (Wildman–Crippen MR) is 107 cm³/mol. The molecule has 6 rings (SSSR count). The average molecular weight is 368 g/mol. The molecular weight excluding hydrogens is 352 g/mol. The first-order valence-corrected chi connectivity index (χ1v) is 9.08. The maximum atomic E-state index is 13.5. The van der Waals surface area contributed by atoms with Crippen molar-refractivity contribution in [2.24, 2.45) is 0 Å². The molecule has 6 nitrogen and oxygen atoms in total. The Labute approximate surface area is 160 Å². The maximum Gasteiger partial charge on any atom is 0.276 e. The molecule has 0 aliphatic carbocycles. The number of ether oxygens (including phenoxy) is 1. The Morgan fingerprint density at radius 2 is 1.82 bits per heavy atom. The summed E-state index contributed by atoms with van der Waals surface area (Å²) < 4.78 is 7.45. The van der Waals surface area contributed by atoms with E-state index in [0.717, 1.165) is 39.4 Å². The van der Waals surface area contributed by atoms with Gasteiger partial charge in [-0.1, -0.05) is 24.3 Å². The van der Waals surface area contributed by atoms with Gasteiger partial charge in [0.15, 0.2) is 0 Å². The second-order valence-electron chi connectivity index (χ2n) is 7.01. The third-order valence-corrected chi connectivity index (χ3v) is 5.57. The van der Waals surface area contributed by atoms with E-state index in [-0.39, 0.29) is 5.91 Å². The van der Waals surface area contributed by atoms with Crippen molar-refractivity contribution in [1.82, 2.24) is 9.55 Å². The quantitative estimate of drug-likeness (QED) is 0.536. The van der Waals surface area contributed by atoms with Gasteiger partial charge in [-0.3, -0.25) is 9.36 Å². The molecule has 1 atom stereocenters. The fraction of sp³-hybridized carbons (Fsp3) is 0.0909. The van der Waals surface area contributed by atoms with Gasteiger partial charge in [-0.15, -0.1) is 0 Å². The largest absolute Gasteiger partial charge is 0.497 e. The molecule has 0 fully saturated rings. The number of para-hydroxylation sites is 3. The van der Waals surface area contributed by atoms with Gasteiger partial charge in [0.2, 0.25) is 5.66 Å². The van der Waals surface area contributed by atoms with Gasteiger partial charge in [0, 0.05) is 22.5 Å². The number of aromatic nitrogens is 2. The number of methoxy groups -OCH3 is 1. The van der Waals surface area contributed by atoms with Crippen LogP contribution in [0.3, 0.4) is 0 Å². The van der Waals surface area contributed by atoms with Crippen LogP contribution in [0.2, 0.25) is 0 Å². The lowest BCUT2D eigenvalue weighted by Gasteiger charge is -2.37. The molecule has 2 aliphatic heterocycles. The van der Waals surface area contributed by atoms with E-state index in [1.165, 1.54) is 0 Å². The number of benzene rings is 3. The number of anilines is 2. The van der Waals surface area contributed by atoms with Crippen molar-refractivity contribution in [3.05, 3.63) is 72.3 Å². The Balaban J connectivity index is 1.77. The summed E-state index contributed by atoms with van der Waals surface area (Å²) in [5.74, 6) is 1.32. The van der Waals surface area contributed by atoms with Crippen LogP contribution in [-0.4, -0.2) is 22.6 Å². The summed E-state index contributed by atoms with van der Waals surface area (Å²) in [6, 6.07) is 21.5. The summed E-state index contributed by atoms with van der Waals surface area (Å²) in [4.78, 5) is 18.3. The zero-order valence-corrected chi connectivity index (χ0v) is 15.1. The summed E-state index contributed by atoms with van der Waals surface area (Å²) in [5.41, 5.74) is 4.02. The average Bonchev–Trinajstić information content (AvgIpc) is 3.25. The maximum absolute atomic E-state index is 13.5. The molecule has 6 heteroatoms. The summed E-state index contributed by atoms with van der Waals surface area (Å²) in [6.45, 7) is 0. The molecule has 1 amide bonds. The van der Waals surface area contributed by atoms with Gasteiger partial charge in [-0.2, -0.15) is 0 Å². The minimum atomic E-state index is -1.14. The number of imidazole rings is 1. The molecule has 1 spiro atoms. The number of carbonyl (C=O) groups excluding carboxylic acids is 1. The van der Waals surface area contributed by atoms with E-state index in [2.05, 4.69) is 10.6 Å². The highest BCUT2D eigenvalue weighted by Crippen LogP contribution is 2.49. The minimum Gasteiger partial charge on any atom is -0.497 e. The van der Waals surface area contributed by atoms with Crippen molar-refractivity contribution in [3.8, 4) is 17.1 Å². The number of amides is 1. The lowest BCUT2D eigenvalue weighted by molar-refractivity contribution is -0.120. The Bertz CT molecular complexity index is 1290. The first kappa shape index (κ1) is 15.3. The van der Waals surface area contributed by atoms with Crippen LogP contribution in [-0.2, 0) is 10.5 Å². The van der Waals surface area contributed by atoms with Gasteiger partial charge < -0.3 is 15.4 Å². The lowest BCUT2D eigenvalue weighted by Crippen LogP contribution is -2.50. The number of rotatable bonds is 1. The molecule has 0 saturated heterocycles. The lowest BCUT2D eigenvalue weighted by atomic mass is 9.95. The number of hydrogen-bond donors (Lipinski definition) is 2. The van der Waals surface area contributed by atoms with Gasteiger partial charge in [0.25, 0.3) is 5.91 Å². The van der Waals surface area contributed by atoms with Crippen LogP contribution in [0.4, 0.5) is 11.4 Å². The van der Waals surface area contributed by atoms with E-state index in [1.807, 2.05) is 71.3 Å². The van der Waals surface area contributed by atoms with Crippen LogP contribution < -0.4 is 15.4 Å². The van der Waals surface area contributed by atoms with E-state index < -0.39 is 5.66 Å². The smallest absolute Gasteiger partial charge is 0.276 e. The zero-order chi connectivity index (χ0) is 18.9. The third kappa shape index (κ3) is 1.72. The normalized spacial score (nSPS) is 19.0. The van der Waals surface area contributed by atoms with Crippen LogP contribution in [0.1, 0.15) is 5.56 Å². The molecule has 1 aromatic heterocycles. The van der Waals surface area contributed by atoms with Crippen LogP contribution >= 0.6 is 0 Å². The number of nitrogens with one attached hydrogen (secondary N) is 2. The van der Waals surface area contributed by atoms with Crippen molar-refractivity contribution in [1.29, 1.82) is 0 Å². The molecule has 3 heterocycles. The molecule has 0 radical (unpaired) electrons. The molecule has 4 aromatic rings. The molecular formula is C22H16N4O2. The van der Waals surface area contributed by atoms with Gasteiger partial charge in [-0.05, 0) is 42.5 Å². The van der Waals surface area contributed by atoms with Gasteiger partial charge in [-0.25, -0.2) is 4.98 Å². The van der Waals surface area contributed by atoms with Crippen molar-refractivity contribution < 1.29 is 9.53 Å². The highest BCUT2D eigenvalue weighted by Gasteiger charge is 2.53. The van der Waals surface area contributed by atoms with E-state index in [0.29, 0.717) is 5.75 Å². The molecule has 0 bridgehead atoms. The van der Waals surface area contributed by atoms with E-state index in [4.69, 9.17) is 9.72 Å². The van der Waals surface area contributed by atoms with Crippen molar-refractivity contribution in [2.75, 3.05) is 17.7 Å². The fourth-order valence-electron chi connectivity index (χ4n) is 4.32. The standard InChI is InChI=1S/C22H16N4O2/c1-28-13-10-11-17-15(12-13)22(21(27)24-17)25-16-7-3-2-6-14(16)20-23-18-8-4-5-9-19(18)26(20)22/h2-12,25H,1H3,(H,24,27)/t22-/m1/s1. The molecule has 2 N–H and O–H groups in total. The Morgan fingerprint density at radius 1 is 1.00 bits per heavy atom. The highest BCUT2D eigenvalue weighted by atomic mass is 16.5. The van der Waals surface area contributed by atoms with Crippen LogP contribution in [0.15, 0.2) is 66.7 Å². The topological polar surface area (TPSA) is 68.2 Å². The number of carbonyl (C=O) groups is 1. The van der Waals surface area contributed by atoms with E-state index in [1.54, 1.807) is 7.11 Å². The SMILES string of the molecule is COc1ccc2c(c1)[C@]1(Nc3ccccc3-c3nc4ccccc4n31)C(=O)N2. The summed E-state index contributed by atoms with van der Waals surface area (Å²) >= 11 is 0. The van der Waals surface area contributed by atoms with Crippen molar-refractivity contribution in [3.63, 3.8) is 0 Å². The number of fused-ring (bicyclic) bond motifs is 8. The molecule has 136 valence electrons. The van der Waals surface area contributed by atoms with Crippen LogP contribution in [0.25, 0.3) is 22.4 Å². The second kappa shape index (κ2) is 5.13. The molecule has 3 aromatic carbocycles. The Kier molecular flexibility index (Phi) is 2.80. The number of nitrogens with zero attached hydrogens (tertiary/aromatic N) is 2. The van der Waals surface area contributed by atoms with Crippen molar-refractivity contribution >= 4 is 28.3 Å². The molecule has 0 unspecified atom stereocenters. The summed E-state index contributed by atoms with van der Waals surface area (Å²) in [7, 11) is 1.63. The van der Waals surface area contributed by atoms with Crippen LogP contribution in [0, 0.1) is 0 Å². The Morgan fingerprint density at radius 3 is 2.71 bits per heavy atom. The first-order valence-electron chi connectivity index (χ1n) is 9.08. The number of hydrogen-bond acceptors (Lipinski definition) is 4. The summed E-state index contributed by atoms with van der Waals surface area (Å²) in [6.07, 6.45) is 0. The fourth-order valence-corrected chi connectivity index (χ4v) is 4.32. The molecule has 0 saturated carbocycles. The third-order valence-electron chi connectivity index (χ3n) is 5.57. The minimum absolute atomic E-state index is 0.144. The predicted octanol–water partition coefficient (Wildman–Crippen LogP) is 3.79. The van der Waals surface area contributed by atoms with E-state index in [9.17, 15) is 4.79 Å².